The van der Waals surface area contributed by atoms with Gasteiger partial charge in [-0.3, -0.25) is 4.79 Å². The van der Waals surface area contributed by atoms with Crippen LogP contribution in [0.1, 0.15) is 32.8 Å². The number of methoxy groups -OCH3 is 1. The second kappa shape index (κ2) is 6.91. The highest BCUT2D eigenvalue weighted by atomic mass is 79.9. The summed E-state index contributed by atoms with van der Waals surface area (Å²) in [5.74, 6) is 0.935. The van der Waals surface area contributed by atoms with E-state index < -0.39 is 0 Å². The van der Waals surface area contributed by atoms with Crippen molar-refractivity contribution in [2.24, 2.45) is 11.3 Å². The van der Waals surface area contributed by atoms with Crippen molar-refractivity contribution in [3.8, 4) is 11.5 Å². The lowest BCUT2D eigenvalue weighted by Gasteiger charge is -2.34. The average molecular weight is 379 g/mol. The Labute approximate surface area is 146 Å². The Hall–Kier alpha value is -1.55. The summed E-state index contributed by atoms with van der Waals surface area (Å²) in [6.07, 6.45) is 7.16. The molecule has 0 amide bonds. The van der Waals surface area contributed by atoms with Crippen LogP contribution in [0.2, 0.25) is 0 Å². The molecule has 0 saturated heterocycles. The van der Waals surface area contributed by atoms with Gasteiger partial charge in [0.1, 0.15) is 11.5 Å². The van der Waals surface area contributed by atoms with Gasteiger partial charge < -0.3 is 9.84 Å². The summed E-state index contributed by atoms with van der Waals surface area (Å²) in [6.45, 7) is 6.25. The van der Waals surface area contributed by atoms with E-state index in [1.165, 1.54) is 0 Å². The van der Waals surface area contributed by atoms with Gasteiger partial charge in [-0.25, -0.2) is 0 Å². The molecule has 4 heteroatoms. The highest BCUT2D eigenvalue weighted by molar-refractivity contribution is 9.10. The van der Waals surface area contributed by atoms with Gasteiger partial charge in [-0.1, -0.05) is 31.6 Å². The van der Waals surface area contributed by atoms with Gasteiger partial charge in [-0.05, 0) is 59.3 Å². The van der Waals surface area contributed by atoms with E-state index in [1.54, 1.807) is 19.3 Å². The minimum atomic E-state index is -0.120. The smallest absolute Gasteiger partial charge is 0.163 e. The maximum absolute atomic E-state index is 12.3. The number of ether oxygens (including phenoxy) is 1. The van der Waals surface area contributed by atoms with E-state index in [0.29, 0.717) is 12.2 Å². The summed E-state index contributed by atoms with van der Waals surface area (Å²) in [5, 5.41) is 10.0. The number of phenolic OH excluding ortho intramolecular Hbond substituents is 1. The van der Waals surface area contributed by atoms with Crippen LogP contribution in [-0.2, 0) is 11.2 Å². The first-order valence-electron chi connectivity index (χ1n) is 7.67. The molecule has 0 bridgehead atoms. The van der Waals surface area contributed by atoms with Crippen LogP contribution in [0.15, 0.2) is 40.4 Å². The van der Waals surface area contributed by atoms with Crippen molar-refractivity contribution >= 4 is 21.7 Å². The zero-order valence-corrected chi connectivity index (χ0v) is 15.6. The Morgan fingerprint density at radius 1 is 1.43 bits per heavy atom. The number of benzene rings is 1. The third-order valence-corrected chi connectivity index (χ3v) is 4.91. The lowest BCUT2D eigenvalue weighted by atomic mass is 9.68. The first-order valence-corrected chi connectivity index (χ1v) is 8.47. The first-order chi connectivity index (χ1) is 10.7. The molecule has 0 heterocycles. The van der Waals surface area contributed by atoms with Gasteiger partial charge in [-0.15, -0.1) is 0 Å². The maximum Gasteiger partial charge on any atom is 0.163 e. The maximum atomic E-state index is 12.3. The molecule has 0 saturated carbocycles. The Balaban J connectivity index is 2.17. The van der Waals surface area contributed by atoms with Gasteiger partial charge >= 0.3 is 0 Å². The molecule has 0 aliphatic heterocycles. The third kappa shape index (κ3) is 4.05. The lowest BCUT2D eigenvalue weighted by Crippen LogP contribution is -2.32. The number of ketones is 1. The lowest BCUT2D eigenvalue weighted by molar-refractivity contribution is -0.120. The second-order valence-electron chi connectivity index (χ2n) is 6.78. The number of hydrogen-bond acceptors (Lipinski definition) is 3. The van der Waals surface area contributed by atoms with Crippen molar-refractivity contribution in [3.63, 3.8) is 0 Å². The number of halogens is 1. The molecule has 1 aromatic rings. The zero-order chi connectivity index (χ0) is 17.2. The fourth-order valence-corrected chi connectivity index (χ4v) is 3.68. The van der Waals surface area contributed by atoms with Crippen molar-refractivity contribution in [1.29, 1.82) is 0 Å². The molecule has 23 heavy (non-hydrogen) atoms. The monoisotopic (exact) mass is 378 g/mol. The van der Waals surface area contributed by atoms with Gasteiger partial charge in [0.15, 0.2) is 5.78 Å². The SMILES string of the molecule is COc1cc(C/C=C/C2C(=O)C=C(C)CC2(C)C)c(O)cc1Br. The van der Waals surface area contributed by atoms with Gasteiger partial charge in [0, 0.05) is 11.5 Å². The Kier molecular flexibility index (Phi) is 5.35. The summed E-state index contributed by atoms with van der Waals surface area (Å²) < 4.78 is 5.97. The molecule has 124 valence electrons. The van der Waals surface area contributed by atoms with Crippen LogP contribution in [0.25, 0.3) is 0 Å². The first kappa shape index (κ1) is 17.8. The Bertz CT molecular complexity index is 671. The van der Waals surface area contributed by atoms with E-state index in [-0.39, 0.29) is 22.9 Å². The standard InChI is InChI=1S/C19H23BrO3/c1-12-8-17(22)14(19(2,3)11-12)7-5-6-13-9-18(23-4)15(20)10-16(13)21/h5,7-10,14,21H,6,11H2,1-4H3/b7-5+. The fraction of sp³-hybridized carbons (Fsp3) is 0.421. The van der Waals surface area contributed by atoms with E-state index in [2.05, 4.69) is 29.8 Å². The molecule has 0 aromatic heterocycles. The zero-order valence-electron chi connectivity index (χ0n) is 14.0. The number of phenols is 1. The molecule has 1 aromatic carbocycles. The van der Waals surface area contributed by atoms with Crippen LogP contribution < -0.4 is 4.74 Å². The van der Waals surface area contributed by atoms with Gasteiger partial charge in [-0.2, -0.15) is 0 Å². The Morgan fingerprint density at radius 3 is 2.74 bits per heavy atom. The van der Waals surface area contributed by atoms with Crippen molar-refractivity contribution < 1.29 is 14.6 Å². The van der Waals surface area contributed by atoms with E-state index in [1.807, 2.05) is 25.1 Å². The summed E-state index contributed by atoms with van der Waals surface area (Å²) in [6, 6.07) is 3.44. The molecule has 1 N–H and O–H groups in total. The molecule has 0 fully saturated rings. The molecule has 3 nitrogen and oxygen atoms in total. The van der Waals surface area contributed by atoms with Crippen LogP contribution in [0.4, 0.5) is 0 Å². The number of hydrogen-bond donors (Lipinski definition) is 1. The fourth-order valence-electron chi connectivity index (χ4n) is 3.19. The van der Waals surface area contributed by atoms with E-state index in [0.717, 1.165) is 22.0 Å². The Morgan fingerprint density at radius 2 is 2.13 bits per heavy atom. The second-order valence-corrected chi connectivity index (χ2v) is 7.64. The molecule has 1 unspecified atom stereocenters. The molecule has 2 rings (SSSR count). The summed E-state index contributed by atoms with van der Waals surface area (Å²) in [7, 11) is 1.59. The highest BCUT2D eigenvalue weighted by Gasteiger charge is 2.35. The van der Waals surface area contributed by atoms with E-state index in [9.17, 15) is 9.90 Å². The topological polar surface area (TPSA) is 46.5 Å². The highest BCUT2D eigenvalue weighted by Crippen LogP contribution is 2.39. The number of aromatic hydroxyl groups is 1. The minimum absolute atomic E-state index is 0.0775. The van der Waals surface area contributed by atoms with Crippen molar-refractivity contribution in [2.75, 3.05) is 7.11 Å². The van der Waals surface area contributed by atoms with Crippen molar-refractivity contribution in [1.82, 2.24) is 0 Å². The van der Waals surface area contributed by atoms with Gasteiger partial charge in [0.2, 0.25) is 0 Å². The normalized spacial score (nSPS) is 20.7. The predicted molar refractivity (Wildman–Crippen MR) is 95.9 cm³/mol. The molecular weight excluding hydrogens is 356 g/mol. The van der Waals surface area contributed by atoms with E-state index in [4.69, 9.17) is 4.74 Å². The number of carbonyl (C=O) groups excluding carboxylic acids is 1. The summed E-state index contributed by atoms with van der Waals surface area (Å²) in [4.78, 5) is 12.3. The number of allylic oxidation sites excluding steroid dienone is 4. The van der Waals surface area contributed by atoms with Crippen LogP contribution in [0.5, 0.6) is 11.5 Å². The van der Waals surface area contributed by atoms with Crippen molar-refractivity contribution in [2.45, 2.75) is 33.6 Å². The van der Waals surface area contributed by atoms with Crippen LogP contribution in [0, 0.1) is 11.3 Å². The molecule has 1 aliphatic carbocycles. The predicted octanol–water partition coefficient (Wildman–Crippen LogP) is 4.82. The van der Waals surface area contributed by atoms with Crippen LogP contribution in [-0.4, -0.2) is 18.0 Å². The number of rotatable bonds is 4. The molecule has 0 spiro atoms. The minimum Gasteiger partial charge on any atom is -0.508 e. The third-order valence-electron chi connectivity index (χ3n) is 4.29. The largest absolute Gasteiger partial charge is 0.508 e. The van der Waals surface area contributed by atoms with Gasteiger partial charge in [0.25, 0.3) is 0 Å². The molecule has 0 radical (unpaired) electrons. The number of carbonyl (C=O) groups is 1. The van der Waals surface area contributed by atoms with E-state index >= 15 is 0 Å². The molecule has 1 aliphatic rings. The van der Waals surface area contributed by atoms with Crippen LogP contribution >= 0.6 is 15.9 Å². The van der Waals surface area contributed by atoms with Crippen LogP contribution in [0.3, 0.4) is 0 Å². The molecular formula is C19H23BrO3. The average Bonchev–Trinajstić information content (AvgIpc) is 2.42. The van der Waals surface area contributed by atoms with Gasteiger partial charge in [0.05, 0.1) is 11.6 Å². The molecule has 1 atom stereocenters. The summed E-state index contributed by atoms with van der Waals surface area (Å²) >= 11 is 3.35. The summed E-state index contributed by atoms with van der Waals surface area (Å²) in [5.41, 5.74) is 1.83. The quantitative estimate of drug-likeness (QED) is 0.763. The van der Waals surface area contributed by atoms with Crippen molar-refractivity contribution in [3.05, 3.63) is 46.0 Å².